The van der Waals surface area contributed by atoms with E-state index in [9.17, 15) is 19.1 Å². The number of aromatic amines is 1. The van der Waals surface area contributed by atoms with Crippen molar-refractivity contribution in [2.75, 3.05) is 0 Å². The summed E-state index contributed by atoms with van der Waals surface area (Å²) >= 11 is 0. The van der Waals surface area contributed by atoms with Gasteiger partial charge in [0.05, 0.1) is 5.92 Å². The molecule has 1 unspecified atom stereocenters. The zero-order chi connectivity index (χ0) is 17.3. The Balaban J connectivity index is 1.93. The molecule has 0 aliphatic carbocycles. The van der Waals surface area contributed by atoms with Crippen molar-refractivity contribution in [1.82, 2.24) is 4.98 Å². The van der Waals surface area contributed by atoms with Crippen molar-refractivity contribution < 1.29 is 19.1 Å². The highest BCUT2D eigenvalue weighted by Gasteiger charge is 2.26. The maximum atomic E-state index is 13.3. The second kappa shape index (κ2) is 6.28. The van der Waals surface area contributed by atoms with Gasteiger partial charge in [0, 0.05) is 29.1 Å². The third kappa shape index (κ3) is 3.06. The van der Waals surface area contributed by atoms with E-state index in [2.05, 4.69) is 4.98 Å². The first-order valence-corrected chi connectivity index (χ1v) is 7.55. The third-order valence-corrected chi connectivity index (χ3v) is 4.11. The van der Waals surface area contributed by atoms with Crippen LogP contribution in [0.4, 0.5) is 4.39 Å². The number of aliphatic carboxylic acids is 1. The lowest BCUT2D eigenvalue weighted by atomic mass is 9.91. The van der Waals surface area contributed by atoms with Crippen molar-refractivity contribution in [1.29, 1.82) is 0 Å². The molecule has 3 aromatic rings. The fraction of sp³-hybridized carbons (Fsp3) is 0.158. The van der Waals surface area contributed by atoms with E-state index in [1.165, 1.54) is 24.4 Å². The van der Waals surface area contributed by atoms with Gasteiger partial charge in [0.25, 0.3) is 0 Å². The summed E-state index contributed by atoms with van der Waals surface area (Å²) in [5.41, 5.74) is 2.51. The Hall–Kier alpha value is -2.95. The fourth-order valence-corrected chi connectivity index (χ4v) is 2.78. The summed E-state index contributed by atoms with van der Waals surface area (Å²) < 4.78 is 13.3. The van der Waals surface area contributed by atoms with Gasteiger partial charge in [0.15, 0.2) is 5.78 Å². The summed E-state index contributed by atoms with van der Waals surface area (Å²) in [4.78, 5) is 27.0. The van der Waals surface area contributed by atoms with Crippen molar-refractivity contribution >= 4 is 22.7 Å². The Morgan fingerprint density at radius 1 is 1.17 bits per heavy atom. The highest BCUT2D eigenvalue weighted by molar-refractivity contribution is 6.00. The van der Waals surface area contributed by atoms with Crippen LogP contribution in [0.2, 0.25) is 0 Å². The second-order valence-electron chi connectivity index (χ2n) is 5.82. The average molecular weight is 325 g/mol. The smallest absolute Gasteiger partial charge is 0.311 e. The summed E-state index contributed by atoms with van der Waals surface area (Å²) in [6.45, 7) is 1.92. The number of carbonyl (C=O) groups is 2. The average Bonchev–Trinajstić information content (AvgIpc) is 2.95. The molecule has 0 saturated carbocycles. The van der Waals surface area contributed by atoms with Gasteiger partial charge in [-0.1, -0.05) is 29.8 Å². The number of carboxylic acid groups (broad SMARTS) is 1. The molecular weight excluding hydrogens is 309 g/mol. The number of hydrogen-bond acceptors (Lipinski definition) is 2. The van der Waals surface area contributed by atoms with Crippen LogP contribution in [0.3, 0.4) is 0 Å². The molecule has 0 amide bonds. The van der Waals surface area contributed by atoms with E-state index in [-0.39, 0.29) is 12.2 Å². The van der Waals surface area contributed by atoms with Crippen LogP contribution in [-0.2, 0) is 4.79 Å². The highest BCUT2D eigenvalue weighted by atomic mass is 19.1. The lowest BCUT2D eigenvalue weighted by Crippen LogP contribution is -2.16. The van der Waals surface area contributed by atoms with Crippen LogP contribution in [-0.4, -0.2) is 21.8 Å². The molecule has 0 aliphatic heterocycles. The Morgan fingerprint density at radius 3 is 2.54 bits per heavy atom. The van der Waals surface area contributed by atoms with Gasteiger partial charge < -0.3 is 10.1 Å². The number of fused-ring (bicyclic) bond motifs is 1. The van der Waals surface area contributed by atoms with E-state index in [1.54, 1.807) is 12.1 Å². The highest BCUT2D eigenvalue weighted by Crippen LogP contribution is 2.30. The Bertz CT molecular complexity index is 912. The Labute approximate surface area is 137 Å². The molecule has 122 valence electrons. The number of aromatic nitrogens is 1. The minimum atomic E-state index is -1.08. The maximum Gasteiger partial charge on any atom is 0.311 e. The Kier molecular flexibility index (Phi) is 4.16. The molecule has 24 heavy (non-hydrogen) atoms. The monoisotopic (exact) mass is 325 g/mol. The Morgan fingerprint density at radius 2 is 1.88 bits per heavy atom. The van der Waals surface area contributed by atoms with E-state index >= 15 is 0 Å². The third-order valence-electron chi connectivity index (χ3n) is 4.11. The summed E-state index contributed by atoms with van der Waals surface area (Å²) in [6, 6.07) is 11.1. The molecule has 1 aromatic heterocycles. The number of Topliss-reactive ketones (excluding diaryl/α,β-unsaturated/α-hetero) is 1. The number of ketones is 1. The number of rotatable bonds is 5. The van der Waals surface area contributed by atoms with Gasteiger partial charge in [-0.2, -0.15) is 0 Å². The second-order valence-corrected chi connectivity index (χ2v) is 5.82. The van der Waals surface area contributed by atoms with Gasteiger partial charge in [0.1, 0.15) is 5.82 Å². The number of benzene rings is 2. The molecule has 1 heterocycles. The molecule has 4 nitrogen and oxygen atoms in total. The van der Waals surface area contributed by atoms with Crippen molar-refractivity contribution in [2.45, 2.75) is 19.3 Å². The van der Waals surface area contributed by atoms with E-state index in [0.29, 0.717) is 22.0 Å². The van der Waals surface area contributed by atoms with Gasteiger partial charge in [-0.15, -0.1) is 0 Å². The molecule has 2 N–H and O–H groups in total. The van der Waals surface area contributed by atoms with Crippen molar-refractivity contribution in [3.63, 3.8) is 0 Å². The first-order chi connectivity index (χ1) is 11.5. The van der Waals surface area contributed by atoms with Crippen LogP contribution in [0.5, 0.6) is 0 Å². The number of H-pyrrole nitrogens is 1. The van der Waals surface area contributed by atoms with Gasteiger partial charge in [0.2, 0.25) is 0 Å². The lowest BCUT2D eigenvalue weighted by molar-refractivity contribution is -0.138. The normalized spacial score (nSPS) is 12.2. The summed E-state index contributed by atoms with van der Waals surface area (Å²) in [6.07, 6.45) is 1.38. The van der Waals surface area contributed by atoms with Gasteiger partial charge >= 0.3 is 5.97 Å². The standard InChI is InChI=1S/C19H16FNO3/c1-11-2-4-12(5-3-11)18(22)9-15(19(23)24)16-10-21-17-8-13(20)6-7-14(16)17/h2-8,10,15,21H,9H2,1H3,(H,23,24). The number of carboxylic acids is 1. The molecule has 3 rings (SSSR count). The largest absolute Gasteiger partial charge is 0.481 e. The molecule has 0 bridgehead atoms. The molecule has 0 saturated heterocycles. The molecule has 0 radical (unpaired) electrons. The molecule has 5 heteroatoms. The molecule has 2 aromatic carbocycles. The molecule has 1 atom stereocenters. The minimum absolute atomic E-state index is 0.150. The number of aryl methyl sites for hydroxylation is 1. The summed E-state index contributed by atoms with van der Waals surface area (Å²) in [5.74, 6) is -2.71. The van der Waals surface area contributed by atoms with Gasteiger partial charge in [-0.3, -0.25) is 9.59 Å². The van der Waals surface area contributed by atoms with Crippen molar-refractivity contribution in [2.24, 2.45) is 0 Å². The van der Waals surface area contributed by atoms with Crippen LogP contribution in [0, 0.1) is 12.7 Å². The van der Waals surface area contributed by atoms with E-state index < -0.39 is 17.7 Å². The predicted molar refractivity (Wildman–Crippen MR) is 88.8 cm³/mol. The summed E-state index contributed by atoms with van der Waals surface area (Å²) in [7, 11) is 0. The molecular formula is C19H16FNO3. The van der Waals surface area contributed by atoms with Crippen LogP contribution >= 0.6 is 0 Å². The van der Waals surface area contributed by atoms with Crippen LogP contribution in [0.15, 0.2) is 48.7 Å². The first kappa shape index (κ1) is 15.9. The lowest BCUT2D eigenvalue weighted by Gasteiger charge is -2.11. The molecule has 0 fully saturated rings. The first-order valence-electron chi connectivity index (χ1n) is 7.55. The minimum Gasteiger partial charge on any atom is -0.481 e. The SMILES string of the molecule is Cc1ccc(C(=O)CC(C(=O)O)c2c[nH]c3cc(F)ccc23)cc1. The fourth-order valence-electron chi connectivity index (χ4n) is 2.78. The molecule has 0 spiro atoms. The molecule has 0 aliphatic rings. The number of carbonyl (C=O) groups excluding carboxylic acids is 1. The van der Waals surface area contributed by atoms with E-state index in [4.69, 9.17) is 0 Å². The van der Waals surface area contributed by atoms with Crippen LogP contribution < -0.4 is 0 Å². The maximum absolute atomic E-state index is 13.3. The summed E-state index contributed by atoms with van der Waals surface area (Å²) in [5, 5.41) is 10.2. The van der Waals surface area contributed by atoms with Crippen molar-refractivity contribution in [3.05, 3.63) is 71.2 Å². The zero-order valence-corrected chi connectivity index (χ0v) is 13.0. The number of hydrogen-bond donors (Lipinski definition) is 2. The van der Waals surface area contributed by atoms with E-state index in [0.717, 1.165) is 5.56 Å². The van der Waals surface area contributed by atoms with E-state index in [1.807, 2.05) is 19.1 Å². The quantitative estimate of drug-likeness (QED) is 0.695. The van der Waals surface area contributed by atoms with Gasteiger partial charge in [-0.25, -0.2) is 4.39 Å². The topological polar surface area (TPSA) is 70.2 Å². The van der Waals surface area contributed by atoms with Gasteiger partial charge in [-0.05, 0) is 30.7 Å². The number of halogens is 1. The van der Waals surface area contributed by atoms with Crippen LogP contribution in [0.1, 0.15) is 33.8 Å². The zero-order valence-electron chi connectivity index (χ0n) is 13.0. The van der Waals surface area contributed by atoms with Crippen LogP contribution in [0.25, 0.3) is 10.9 Å². The predicted octanol–water partition coefficient (Wildman–Crippen LogP) is 4.06. The van der Waals surface area contributed by atoms with Crippen molar-refractivity contribution in [3.8, 4) is 0 Å². The number of nitrogens with one attached hydrogen (secondary N) is 1.